The second-order valence-electron chi connectivity index (χ2n) is 7.32. The average molecular weight is 416 g/mol. The molecule has 0 unspecified atom stereocenters. The summed E-state index contributed by atoms with van der Waals surface area (Å²) in [5.41, 5.74) is 2.51. The van der Waals surface area contributed by atoms with Crippen LogP contribution in [-0.2, 0) is 16.6 Å². The highest BCUT2D eigenvalue weighted by Gasteiger charge is 2.34. The standard InChI is InChI=1S/C23H30ClN3O2/c1-25-22(26-13-10-18-8-9-20(28-2)16-21(18)24)27-17-23(11-14-29-15-12-23)19-6-4-3-5-7-19/h3-9,16H,10-15,17H2,1-2H3,(H2,25,26,27). The van der Waals surface area contributed by atoms with Crippen molar-refractivity contribution in [3.05, 3.63) is 64.7 Å². The number of methoxy groups -OCH3 is 1. The molecule has 1 aliphatic heterocycles. The first-order chi connectivity index (χ1) is 14.2. The molecule has 3 rings (SSSR count). The highest BCUT2D eigenvalue weighted by molar-refractivity contribution is 6.31. The maximum Gasteiger partial charge on any atom is 0.191 e. The molecule has 2 N–H and O–H groups in total. The van der Waals surface area contributed by atoms with Gasteiger partial charge in [-0.3, -0.25) is 4.99 Å². The van der Waals surface area contributed by atoms with E-state index in [1.807, 2.05) is 18.2 Å². The second kappa shape index (κ2) is 10.5. The van der Waals surface area contributed by atoms with E-state index in [4.69, 9.17) is 21.1 Å². The fourth-order valence-corrected chi connectivity index (χ4v) is 4.03. The molecule has 0 spiro atoms. The van der Waals surface area contributed by atoms with E-state index in [1.165, 1.54) is 5.56 Å². The van der Waals surface area contributed by atoms with Gasteiger partial charge in [0.05, 0.1) is 7.11 Å². The number of nitrogens with one attached hydrogen (secondary N) is 2. The highest BCUT2D eigenvalue weighted by atomic mass is 35.5. The molecule has 0 saturated carbocycles. The van der Waals surface area contributed by atoms with Crippen LogP contribution >= 0.6 is 11.6 Å². The summed E-state index contributed by atoms with van der Waals surface area (Å²) in [5, 5.41) is 7.65. The van der Waals surface area contributed by atoms with E-state index in [-0.39, 0.29) is 5.41 Å². The van der Waals surface area contributed by atoms with Gasteiger partial charge in [-0.15, -0.1) is 0 Å². The van der Waals surface area contributed by atoms with Crippen molar-refractivity contribution in [1.82, 2.24) is 10.6 Å². The number of benzene rings is 2. The summed E-state index contributed by atoms with van der Waals surface area (Å²) in [6.07, 6.45) is 2.81. The fraction of sp³-hybridized carbons (Fsp3) is 0.435. The Morgan fingerprint density at radius 3 is 2.55 bits per heavy atom. The van der Waals surface area contributed by atoms with Crippen LogP contribution in [0.2, 0.25) is 5.02 Å². The third-order valence-electron chi connectivity index (χ3n) is 5.60. The lowest BCUT2D eigenvalue weighted by atomic mass is 9.74. The molecular weight excluding hydrogens is 386 g/mol. The average Bonchev–Trinajstić information content (AvgIpc) is 2.78. The van der Waals surface area contributed by atoms with Crippen LogP contribution in [0.1, 0.15) is 24.0 Å². The second-order valence-corrected chi connectivity index (χ2v) is 7.73. The van der Waals surface area contributed by atoms with Crippen LogP contribution in [0.3, 0.4) is 0 Å². The van der Waals surface area contributed by atoms with Crippen molar-refractivity contribution >= 4 is 17.6 Å². The van der Waals surface area contributed by atoms with E-state index in [0.29, 0.717) is 0 Å². The van der Waals surface area contributed by atoms with Crippen molar-refractivity contribution in [1.29, 1.82) is 0 Å². The van der Waals surface area contributed by atoms with E-state index in [1.54, 1.807) is 14.2 Å². The van der Waals surface area contributed by atoms with Gasteiger partial charge < -0.3 is 20.1 Å². The zero-order valence-electron chi connectivity index (χ0n) is 17.2. The third kappa shape index (κ3) is 5.64. The quantitative estimate of drug-likeness (QED) is 0.533. The Morgan fingerprint density at radius 2 is 1.90 bits per heavy atom. The van der Waals surface area contributed by atoms with Crippen LogP contribution in [0.25, 0.3) is 0 Å². The van der Waals surface area contributed by atoms with Crippen molar-refractivity contribution in [2.75, 3.05) is 40.5 Å². The predicted molar refractivity (Wildman–Crippen MR) is 119 cm³/mol. The van der Waals surface area contributed by atoms with Gasteiger partial charge in [0, 0.05) is 43.8 Å². The largest absolute Gasteiger partial charge is 0.497 e. The van der Waals surface area contributed by atoms with Crippen molar-refractivity contribution in [3.63, 3.8) is 0 Å². The van der Waals surface area contributed by atoms with Crippen LogP contribution < -0.4 is 15.4 Å². The summed E-state index contributed by atoms with van der Waals surface area (Å²) in [6, 6.07) is 16.5. The molecule has 2 aromatic carbocycles. The number of halogens is 1. The summed E-state index contributed by atoms with van der Waals surface area (Å²) in [6.45, 7) is 3.15. The molecule has 5 nitrogen and oxygen atoms in total. The van der Waals surface area contributed by atoms with Gasteiger partial charge in [-0.05, 0) is 42.5 Å². The van der Waals surface area contributed by atoms with Crippen molar-refractivity contribution in [2.45, 2.75) is 24.7 Å². The van der Waals surface area contributed by atoms with Crippen LogP contribution in [0, 0.1) is 0 Å². The van der Waals surface area contributed by atoms with Gasteiger partial charge in [-0.25, -0.2) is 0 Å². The number of ether oxygens (including phenoxy) is 2. The van der Waals surface area contributed by atoms with Crippen LogP contribution in [0.5, 0.6) is 5.75 Å². The minimum absolute atomic E-state index is 0.0659. The monoisotopic (exact) mass is 415 g/mol. The first-order valence-corrected chi connectivity index (χ1v) is 10.4. The molecule has 0 bridgehead atoms. The first kappa shape index (κ1) is 21.5. The molecule has 6 heteroatoms. The molecule has 29 heavy (non-hydrogen) atoms. The Labute approximate surface area is 178 Å². The lowest BCUT2D eigenvalue weighted by molar-refractivity contribution is 0.0514. The van der Waals surface area contributed by atoms with Gasteiger partial charge in [0.2, 0.25) is 0 Å². The van der Waals surface area contributed by atoms with Gasteiger partial charge in [0.25, 0.3) is 0 Å². The summed E-state index contributed by atoms with van der Waals surface area (Å²) >= 11 is 6.34. The predicted octanol–water partition coefficient (Wildman–Crippen LogP) is 3.80. The third-order valence-corrected chi connectivity index (χ3v) is 5.95. The molecule has 0 aliphatic carbocycles. The molecule has 1 heterocycles. The normalized spacial score (nSPS) is 16.3. The zero-order valence-corrected chi connectivity index (χ0v) is 18.0. The Morgan fingerprint density at radius 1 is 1.14 bits per heavy atom. The Hall–Kier alpha value is -2.24. The molecule has 1 fully saturated rings. The lowest BCUT2D eigenvalue weighted by Gasteiger charge is -2.38. The lowest BCUT2D eigenvalue weighted by Crippen LogP contribution is -2.48. The summed E-state index contributed by atoms with van der Waals surface area (Å²) < 4.78 is 10.8. The molecule has 1 aliphatic rings. The van der Waals surface area contributed by atoms with Gasteiger partial charge in [0.1, 0.15) is 5.75 Å². The Kier molecular flexibility index (Phi) is 7.78. The van der Waals surface area contributed by atoms with Gasteiger partial charge in [-0.2, -0.15) is 0 Å². The molecular formula is C23H30ClN3O2. The van der Waals surface area contributed by atoms with E-state index in [9.17, 15) is 0 Å². The Balaban J connectivity index is 1.56. The van der Waals surface area contributed by atoms with Crippen molar-refractivity contribution in [2.24, 2.45) is 4.99 Å². The maximum absolute atomic E-state index is 6.34. The van der Waals surface area contributed by atoms with Crippen LogP contribution in [0.4, 0.5) is 0 Å². The molecule has 1 saturated heterocycles. The first-order valence-electron chi connectivity index (χ1n) is 10.1. The SMILES string of the molecule is CN=C(NCCc1ccc(OC)cc1Cl)NCC1(c2ccccc2)CCOCC1. The van der Waals surface area contributed by atoms with Crippen LogP contribution in [0.15, 0.2) is 53.5 Å². The van der Waals surface area contributed by atoms with Gasteiger partial charge >= 0.3 is 0 Å². The summed E-state index contributed by atoms with van der Waals surface area (Å²) in [7, 11) is 3.44. The highest BCUT2D eigenvalue weighted by Crippen LogP contribution is 2.34. The number of hydrogen-bond acceptors (Lipinski definition) is 3. The molecule has 156 valence electrons. The van der Waals surface area contributed by atoms with Gasteiger partial charge in [0.15, 0.2) is 5.96 Å². The maximum atomic E-state index is 6.34. The topological polar surface area (TPSA) is 54.9 Å². The minimum Gasteiger partial charge on any atom is -0.497 e. The van der Waals surface area contributed by atoms with Crippen LogP contribution in [-0.4, -0.2) is 46.4 Å². The summed E-state index contributed by atoms with van der Waals surface area (Å²) in [5.74, 6) is 1.57. The van der Waals surface area contributed by atoms with E-state index in [0.717, 1.165) is 67.9 Å². The molecule has 0 atom stereocenters. The van der Waals surface area contributed by atoms with E-state index in [2.05, 4.69) is 46.0 Å². The van der Waals surface area contributed by atoms with Crippen molar-refractivity contribution in [3.8, 4) is 5.75 Å². The zero-order chi connectivity index (χ0) is 20.5. The fourth-order valence-electron chi connectivity index (χ4n) is 3.77. The molecule has 0 aromatic heterocycles. The number of guanidine groups is 1. The minimum atomic E-state index is 0.0659. The molecule has 0 radical (unpaired) electrons. The van der Waals surface area contributed by atoms with Gasteiger partial charge in [-0.1, -0.05) is 48.0 Å². The molecule has 0 amide bonds. The number of nitrogens with zero attached hydrogens (tertiary/aromatic N) is 1. The number of hydrogen-bond donors (Lipinski definition) is 2. The smallest absolute Gasteiger partial charge is 0.191 e. The Bertz CT molecular complexity index is 805. The number of rotatable bonds is 7. The molecule has 2 aromatic rings. The number of aliphatic imine (C=N–C) groups is 1. The van der Waals surface area contributed by atoms with E-state index < -0.39 is 0 Å². The van der Waals surface area contributed by atoms with Crippen molar-refractivity contribution < 1.29 is 9.47 Å². The van der Waals surface area contributed by atoms with E-state index >= 15 is 0 Å². The summed E-state index contributed by atoms with van der Waals surface area (Å²) in [4.78, 5) is 4.39.